The lowest BCUT2D eigenvalue weighted by Crippen LogP contribution is -2.32. The summed E-state index contributed by atoms with van der Waals surface area (Å²) in [7, 11) is 0. The van der Waals surface area contributed by atoms with Crippen molar-refractivity contribution in [3.05, 3.63) is 29.3 Å². The van der Waals surface area contributed by atoms with Gasteiger partial charge in [0.25, 0.3) is 5.91 Å². The summed E-state index contributed by atoms with van der Waals surface area (Å²) in [4.78, 5) is 25.2. The molecule has 1 aromatic carbocycles. The van der Waals surface area contributed by atoms with Gasteiger partial charge in [0.2, 0.25) is 0 Å². The molecule has 0 aliphatic carbocycles. The van der Waals surface area contributed by atoms with Gasteiger partial charge < -0.3 is 5.32 Å². The predicted octanol–water partition coefficient (Wildman–Crippen LogP) is 2.81. The molecule has 1 saturated heterocycles. The zero-order valence-electron chi connectivity index (χ0n) is 10.3. The summed E-state index contributed by atoms with van der Waals surface area (Å²) < 4.78 is 0. The van der Waals surface area contributed by atoms with Crippen molar-refractivity contribution in [2.45, 2.75) is 26.3 Å². The van der Waals surface area contributed by atoms with Crippen LogP contribution in [-0.4, -0.2) is 18.0 Å². The van der Waals surface area contributed by atoms with E-state index >= 15 is 0 Å². The monoisotopic (exact) mass is 266 g/mol. The fraction of sp³-hybridized carbons (Fsp3) is 0.385. The Balaban J connectivity index is 2.27. The Morgan fingerprint density at radius 3 is 2.61 bits per heavy atom. The number of benzene rings is 1. The van der Waals surface area contributed by atoms with Crippen molar-refractivity contribution >= 4 is 29.2 Å². The zero-order valence-corrected chi connectivity index (χ0v) is 11.1. The van der Waals surface area contributed by atoms with E-state index < -0.39 is 12.1 Å². The number of urea groups is 1. The molecule has 1 aromatic rings. The van der Waals surface area contributed by atoms with Crippen LogP contribution in [0.4, 0.5) is 10.5 Å². The van der Waals surface area contributed by atoms with E-state index in [9.17, 15) is 9.59 Å². The second-order valence-corrected chi connectivity index (χ2v) is 5.16. The lowest BCUT2D eigenvalue weighted by atomic mass is 10.0. The van der Waals surface area contributed by atoms with E-state index in [1.54, 1.807) is 24.3 Å². The summed E-state index contributed by atoms with van der Waals surface area (Å²) in [5.74, 6) is 0.104. The van der Waals surface area contributed by atoms with Gasteiger partial charge in [0, 0.05) is 0 Å². The SMILES string of the molecule is CC(C)CC1NC(=O)N(c2ccccc2Cl)C1=O. The lowest BCUT2D eigenvalue weighted by molar-refractivity contribution is -0.118. The molecule has 1 heterocycles. The molecular formula is C13H15ClN2O2. The molecule has 1 atom stereocenters. The number of amides is 3. The molecular weight excluding hydrogens is 252 g/mol. The highest BCUT2D eigenvalue weighted by Gasteiger charge is 2.39. The van der Waals surface area contributed by atoms with E-state index in [1.165, 1.54) is 0 Å². The van der Waals surface area contributed by atoms with Crippen molar-refractivity contribution < 1.29 is 9.59 Å². The number of carbonyl (C=O) groups excluding carboxylic acids is 2. The first-order valence-electron chi connectivity index (χ1n) is 5.89. The highest BCUT2D eigenvalue weighted by molar-refractivity contribution is 6.35. The van der Waals surface area contributed by atoms with Gasteiger partial charge in [-0.15, -0.1) is 0 Å². The zero-order chi connectivity index (χ0) is 13.3. The van der Waals surface area contributed by atoms with Gasteiger partial charge in [-0.25, -0.2) is 9.69 Å². The molecule has 0 spiro atoms. The number of nitrogens with zero attached hydrogens (tertiary/aromatic N) is 1. The normalized spacial score (nSPS) is 19.6. The Hall–Kier alpha value is -1.55. The predicted molar refractivity (Wildman–Crippen MR) is 70.7 cm³/mol. The minimum atomic E-state index is -0.450. The van der Waals surface area contributed by atoms with Gasteiger partial charge in [0.05, 0.1) is 10.7 Å². The van der Waals surface area contributed by atoms with Gasteiger partial charge in [0.15, 0.2) is 0 Å². The summed E-state index contributed by atoms with van der Waals surface area (Å²) >= 11 is 6.01. The smallest absolute Gasteiger partial charge is 0.325 e. The summed E-state index contributed by atoms with van der Waals surface area (Å²) in [5, 5.41) is 3.08. The van der Waals surface area contributed by atoms with Crippen LogP contribution < -0.4 is 10.2 Å². The van der Waals surface area contributed by atoms with E-state index in [-0.39, 0.29) is 5.91 Å². The second kappa shape index (κ2) is 4.98. The van der Waals surface area contributed by atoms with Crippen molar-refractivity contribution in [1.82, 2.24) is 5.32 Å². The molecule has 5 heteroatoms. The van der Waals surface area contributed by atoms with Crippen LogP contribution >= 0.6 is 11.6 Å². The molecule has 0 bridgehead atoms. The molecule has 1 N–H and O–H groups in total. The minimum Gasteiger partial charge on any atom is -0.325 e. The molecule has 1 fully saturated rings. The lowest BCUT2D eigenvalue weighted by Gasteiger charge is -2.14. The van der Waals surface area contributed by atoms with Crippen LogP contribution in [0, 0.1) is 5.92 Å². The van der Waals surface area contributed by atoms with Crippen LogP contribution in [0.1, 0.15) is 20.3 Å². The van der Waals surface area contributed by atoms with E-state index in [0.29, 0.717) is 23.0 Å². The molecule has 1 unspecified atom stereocenters. The van der Waals surface area contributed by atoms with Crippen molar-refractivity contribution in [3.8, 4) is 0 Å². The number of nitrogens with one attached hydrogen (secondary N) is 1. The standard InChI is InChI=1S/C13H15ClN2O2/c1-8(2)7-10-12(17)16(13(18)15-10)11-6-4-3-5-9(11)14/h3-6,8,10H,7H2,1-2H3,(H,15,18). The third kappa shape index (κ3) is 2.34. The summed E-state index contributed by atoms with van der Waals surface area (Å²) in [6.45, 7) is 4.02. The molecule has 2 rings (SSSR count). The molecule has 0 aromatic heterocycles. The Morgan fingerprint density at radius 1 is 1.33 bits per heavy atom. The van der Waals surface area contributed by atoms with E-state index in [2.05, 4.69) is 5.32 Å². The number of halogens is 1. The van der Waals surface area contributed by atoms with Crippen LogP contribution in [0.2, 0.25) is 5.02 Å². The molecule has 96 valence electrons. The molecule has 18 heavy (non-hydrogen) atoms. The third-order valence-corrected chi connectivity index (χ3v) is 3.14. The van der Waals surface area contributed by atoms with Crippen LogP contribution in [-0.2, 0) is 4.79 Å². The van der Waals surface area contributed by atoms with Crippen LogP contribution in [0.3, 0.4) is 0 Å². The van der Waals surface area contributed by atoms with E-state index in [0.717, 1.165) is 4.90 Å². The number of anilines is 1. The average Bonchev–Trinajstić information content (AvgIpc) is 2.55. The van der Waals surface area contributed by atoms with Gasteiger partial charge in [-0.3, -0.25) is 4.79 Å². The molecule has 4 nitrogen and oxygen atoms in total. The molecule has 1 aliphatic rings. The molecule has 0 saturated carbocycles. The van der Waals surface area contributed by atoms with Gasteiger partial charge in [-0.2, -0.15) is 0 Å². The van der Waals surface area contributed by atoms with Gasteiger partial charge in [0.1, 0.15) is 6.04 Å². The highest BCUT2D eigenvalue weighted by Crippen LogP contribution is 2.28. The maximum atomic E-state index is 12.2. The van der Waals surface area contributed by atoms with Crippen molar-refractivity contribution in [1.29, 1.82) is 0 Å². The fourth-order valence-electron chi connectivity index (χ4n) is 2.02. The first-order chi connectivity index (χ1) is 8.50. The molecule has 1 aliphatic heterocycles. The quantitative estimate of drug-likeness (QED) is 0.856. The Morgan fingerprint density at radius 2 is 2.00 bits per heavy atom. The first-order valence-corrected chi connectivity index (χ1v) is 6.27. The van der Waals surface area contributed by atoms with Crippen LogP contribution in [0.5, 0.6) is 0 Å². The number of hydrogen-bond donors (Lipinski definition) is 1. The number of rotatable bonds is 3. The van der Waals surface area contributed by atoms with Crippen LogP contribution in [0.25, 0.3) is 0 Å². The molecule has 0 radical (unpaired) electrons. The fourth-order valence-corrected chi connectivity index (χ4v) is 2.24. The maximum Gasteiger partial charge on any atom is 0.329 e. The summed E-state index contributed by atoms with van der Waals surface area (Å²) in [6, 6.07) is 5.98. The second-order valence-electron chi connectivity index (χ2n) is 4.76. The molecule has 3 amide bonds. The van der Waals surface area contributed by atoms with E-state index in [4.69, 9.17) is 11.6 Å². The Bertz CT molecular complexity index is 488. The largest absolute Gasteiger partial charge is 0.329 e. The number of imide groups is 1. The highest BCUT2D eigenvalue weighted by atomic mass is 35.5. The van der Waals surface area contributed by atoms with Gasteiger partial charge in [-0.05, 0) is 24.5 Å². The van der Waals surface area contributed by atoms with Crippen molar-refractivity contribution in [2.75, 3.05) is 4.90 Å². The average molecular weight is 267 g/mol. The van der Waals surface area contributed by atoms with Crippen LogP contribution in [0.15, 0.2) is 24.3 Å². The minimum absolute atomic E-state index is 0.234. The van der Waals surface area contributed by atoms with E-state index in [1.807, 2.05) is 13.8 Å². The van der Waals surface area contributed by atoms with Crippen molar-refractivity contribution in [3.63, 3.8) is 0 Å². The summed E-state index contributed by atoms with van der Waals surface area (Å²) in [6.07, 6.45) is 0.630. The number of hydrogen-bond acceptors (Lipinski definition) is 2. The summed E-state index contributed by atoms with van der Waals surface area (Å²) in [5.41, 5.74) is 0.438. The topological polar surface area (TPSA) is 49.4 Å². The first kappa shape index (κ1) is 12.9. The maximum absolute atomic E-state index is 12.2. The number of carbonyl (C=O) groups is 2. The Labute approximate surface area is 111 Å². The van der Waals surface area contributed by atoms with Crippen molar-refractivity contribution in [2.24, 2.45) is 5.92 Å². The van der Waals surface area contributed by atoms with Gasteiger partial charge in [-0.1, -0.05) is 37.6 Å². The third-order valence-electron chi connectivity index (χ3n) is 2.82. The number of para-hydroxylation sites is 1. The Kier molecular flexibility index (Phi) is 3.57. The van der Waals surface area contributed by atoms with Gasteiger partial charge >= 0.3 is 6.03 Å².